The topological polar surface area (TPSA) is 29.3 Å². The summed E-state index contributed by atoms with van der Waals surface area (Å²) in [6.07, 6.45) is 1.05. The van der Waals surface area contributed by atoms with E-state index in [1.54, 1.807) is 12.1 Å². The largest absolute Gasteiger partial charge is 0.326 e. The van der Waals surface area contributed by atoms with Crippen LogP contribution in [0.3, 0.4) is 0 Å². The van der Waals surface area contributed by atoms with E-state index in [0.29, 0.717) is 6.04 Å². The van der Waals surface area contributed by atoms with Crippen molar-refractivity contribution in [2.24, 2.45) is 5.73 Å². The molecule has 0 heterocycles. The molecule has 3 heteroatoms. The molecule has 0 bridgehead atoms. The fourth-order valence-corrected chi connectivity index (χ4v) is 2.16. The van der Waals surface area contributed by atoms with Crippen LogP contribution in [0.15, 0.2) is 24.3 Å². The molecule has 0 radical (unpaired) electrons. The van der Waals surface area contributed by atoms with Gasteiger partial charge in [-0.05, 0) is 45.0 Å². The van der Waals surface area contributed by atoms with Crippen molar-refractivity contribution in [2.45, 2.75) is 45.3 Å². The Morgan fingerprint density at radius 1 is 1.35 bits per heavy atom. The Morgan fingerprint density at radius 2 is 2.00 bits per heavy atom. The van der Waals surface area contributed by atoms with Crippen molar-refractivity contribution in [3.05, 3.63) is 35.6 Å². The zero-order valence-electron chi connectivity index (χ0n) is 11.2. The molecule has 17 heavy (non-hydrogen) atoms. The van der Waals surface area contributed by atoms with Gasteiger partial charge in [0.15, 0.2) is 0 Å². The highest BCUT2D eigenvalue weighted by molar-refractivity contribution is 5.21. The summed E-state index contributed by atoms with van der Waals surface area (Å²) in [5.74, 6) is -0.203. The van der Waals surface area contributed by atoms with Crippen LogP contribution in [0.4, 0.5) is 4.39 Å². The lowest BCUT2D eigenvalue weighted by molar-refractivity contribution is 0.161. The van der Waals surface area contributed by atoms with Crippen LogP contribution in [0.5, 0.6) is 0 Å². The SMILES string of the molecule is CCC(C)N(C)C(c1cccc(F)c1)C(C)N. The first-order valence-electron chi connectivity index (χ1n) is 6.20. The van der Waals surface area contributed by atoms with E-state index in [1.807, 2.05) is 20.0 Å². The highest BCUT2D eigenvalue weighted by Crippen LogP contribution is 2.25. The number of nitrogens with two attached hydrogens (primary N) is 1. The molecular formula is C14H23FN2. The third-order valence-corrected chi connectivity index (χ3v) is 3.41. The van der Waals surface area contributed by atoms with E-state index in [4.69, 9.17) is 5.73 Å². The normalized spacial score (nSPS) is 16.9. The Morgan fingerprint density at radius 3 is 2.47 bits per heavy atom. The minimum absolute atomic E-state index is 0.0317. The van der Waals surface area contributed by atoms with Crippen molar-refractivity contribution >= 4 is 0 Å². The lowest BCUT2D eigenvalue weighted by Crippen LogP contribution is -2.41. The Kier molecular flexibility index (Phi) is 5.09. The highest BCUT2D eigenvalue weighted by Gasteiger charge is 2.24. The molecule has 0 aromatic heterocycles. The minimum atomic E-state index is -0.203. The molecule has 0 spiro atoms. The number of hydrogen-bond donors (Lipinski definition) is 1. The fourth-order valence-electron chi connectivity index (χ4n) is 2.16. The van der Waals surface area contributed by atoms with Crippen molar-refractivity contribution in [1.29, 1.82) is 0 Å². The second-order valence-corrected chi connectivity index (χ2v) is 4.78. The van der Waals surface area contributed by atoms with Gasteiger partial charge in [0.05, 0.1) is 0 Å². The number of hydrogen-bond acceptors (Lipinski definition) is 2. The van der Waals surface area contributed by atoms with Gasteiger partial charge in [0, 0.05) is 18.1 Å². The van der Waals surface area contributed by atoms with Crippen LogP contribution in [0, 0.1) is 5.82 Å². The molecule has 2 nitrogen and oxygen atoms in total. The molecule has 1 rings (SSSR count). The molecular weight excluding hydrogens is 215 g/mol. The van der Waals surface area contributed by atoms with Gasteiger partial charge >= 0.3 is 0 Å². The Hall–Kier alpha value is -0.930. The maximum absolute atomic E-state index is 13.3. The summed E-state index contributed by atoms with van der Waals surface area (Å²) in [5.41, 5.74) is 7.00. The van der Waals surface area contributed by atoms with Gasteiger partial charge in [-0.3, -0.25) is 4.90 Å². The molecule has 3 atom stereocenters. The molecule has 1 aromatic rings. The first-order valence-corrected chi connectivity index (χ1v) is 6.20. The maximum atomic E-state index is 13.3. The molecule has 0 amide bonds. The quantitative estimate of drug-likeness (QED) is 0.854. The zero-order valence-corrected chi connectivity index (χ0v) is 11.2. The van der Waals surface area contributed by atoms with Crippen molar-refractivity contribution < 1.29 is 4.39 Å². The van der Waals surface area contributed by atoms with Crippen molar-refractivity contribution in [1.82, 2.24) is 4.90 Å². The average molecular weight is 238 g/mol. The summed E-state index contributed by atoms with van der Waals surface area (Å²) in [6.45, 7) is 6.27. The van der Waals surface area contributed by atoms with Gasteiger partial charge in [-0.15, -0.1) is 0 Å². The van der Waals surface area contributed by atoms with E-state index >= 15 is 0 Å². The second-order valence-electron chi connectivity index (χ2n) is 4.78. The van der Waals surface area contributed by atoms with Crippen molar-refractivity contribution in [3.8, 4) is 0 Å². The van der Waals surface area contributed by atoms with Gasteiger partial charge in [0.1, 0.15) is 5.82 Å². The predicted octanol–water partition coefficient (Wildman–Crippen LogP) is 2.94. The minimum Gasteiger partial charge on any atom is -0.326 e. The summed E-state index contributed by atoms with van der Waals surface area (Å²) in [4.78, 5) is 2.22. The molecule has 0 fully saturated rings. The van der Waals surface area contributed by atoms with Crippen LogP contribution >= 0.6 is 0 Å². The number of rotatable bonds is 5. The molecule has 2 N–H and O–H groups in total. The first kappa shape index (κ1) is 14.1. The van der Waals surface area contributed by atoms with E-state index in [9.17, 15) is 4.39 Å². The molecule has 0 aliphatic carbocycles. The third-order valence-electron chi connectivity index (χ3n) is 3.41. The van der Waals surface area contributed by atoms with Crippen molar-refractivity contribution in [3.63, 3.8) is 0 Å². The van der Waals surface area contributed by atoms with Crippen LogP contribution in [-0.4, -0.2) is 24.0 Å². The van der Waals surface area contributed by atoms with Crippen molar-refractivity contribution in [2.75, 3.05) is 7.05 Å². The van der Waals surface area contributed by atoms with Crippen LogP contribution in [0.25, 0.3) is 0 Å². The fraction of sp³-hybridized carbons (Fsp3) is 0.571. The third kappa shape index (κ3) is 3.51. The summed E-state index contributed by atoms with van der Waals surface area (Å²) in [6, 6.07) is 7.17. The van der Waals surface area contributed by atoms with Gasteiger partial charge < -0.3 is 5.73 Å². The lowest BCUT2D eigenvalue weighted by Gasteiger charge is -2.35. The monoisotopic (exact) mass is 238 g/mol. The number of likely N-dealkylation sites (N-methyl/N-ethyl adjacent to an activating group) is 1. The Balaban J connectivity index is 3.01. The standard InChI is InChI=1S/C14H23FN2/c1-5-10(2)17(4)14(11(3)16)12-7-6-8-13(15)9-12/h6-11,14H,5,16H2,1-4H3. The number of benzene rings is 1. The van der Waals surface area contributed by atoms with Crippen LogP contribution in [-0.2, 0) is 0 Å². The van der Waals surface area contributed by atoms with Crippen LogP contribution in [0.1, 0.15) is 38.8 Å². The molecule has 1 aromatic carbocycles. The Labute approximate surface area is 104 Å². The molecule has 96 valence electrons. The summed E-state index contributed by atoms with van der Waals surface area (Å²) in [5, 5.41) is 0. The molecule has 0 saturated heterocycles. The van der Waals surface area contributed by atoms with E-state index in [1.165, 1.54) is 6.07 Å². The van der Waals surface area contributed by atoms with E-state index < -0.39 is 0 Å². The second kappa shape index (κ2) is 6.12. The van der Waals surface area contributed by atoms with Gasteiger partial charge in [-0.25, -0.2) is 4.39 Å². The average Bonchev–Trinajstić information content (AvgIpc) is 2.27. The number of halogens is 1. The molecule has 0 aliphatic heterocycles. The predicted molar refractivity (Wildman–Crippen MR) is 70.3 cm³/mol. The highest BCUT2D eigenvalue weighted by atomic mass is 19.1. The van der Waals surface area contributed by atoms with Gasteiger partial charge in [-0.2, -0.15) is 0 Å². The van der Waals surface area contributed by atoms with E-state index in [2.05, 4.69) is 18.7 Å². The lowest BCUT2D eigenvalue weighted by atomic mass is 9.97. The number of nitrogens with zero attached hydrogens (tertiary/aromatic N) is 1. The maximum Gasteiger partial charge on any atom is 0.123 e. The van der Waals surface area contributed by atoms with Gasteiger partial charge in [0.25, 0.3) is 0 Å². The van der Waals surface area contributed by atoms with E-state index in [-0.39, 0.29) is 17.9 Å². The molecule has 3 unspecified atom stereocenters. The molecule has 0 aliphatic rings. The van der Waals surface area contributed by atoms with Crippen LogP contribution in [0.2, 0.25) is 0 Å². The van der Waals surface area contributed by atoms with E-state index in [0.717, 1.165) is 12.0 Å². The smallest absolute Gasteiger partial charge is 0.123 e. The van der Waals surface area contributed by atoms with Gasteiger partial charge in [-0.1, -0.05) is 19.1 Å². The first-order chi connectivity index (χ1) is 7.97. The summed E-state index contributed by atoms with van der Waals surface area (Å²) < 4.78 is 13.3. The van der Waals surface area contributed by atoms with Gasteiger partial charge in [0.2, 0.25) is 0 Å². The Bertz CT molecular complexity index is 352. The summed E-state index contributed by atoms with van der Waals surface area (Å²) >= 11 is 0. The zero-order chi connectivity index (χ0) is 13.0. The molecule has 0 saturated carbocycles. The van der Waals surface area contributed by atoms with Crippen LogP contribution < -0.4 is 5.73 Å². The summed E-state index contributed by atoms with van der Waals surface area (Å²) in [7, 11) is 2.05.